The normalized spacial score (nSPS) is 10.5. The highest BCUT2D eigenvalue weighted by atomic mass is 32.2. The molecule has 0 aliphatic rings. The van der Waals surface area contributed by atoms with Crippen molar-refractivity contribution in [2.75, 3.05) is 30.0 Å². The van der Waals surface area contributed by atoms with Crippen LogP contribution in [-0.2, 0) is 4.79 Å². The molecule has 7 nitrogen and oxygen atoms in total. The molecule has 0 bridgehead atoms. The Balaban J connectivity index is 1.68. The zero-order valence-corrected chi connectivity index (χ0v) is 16.5. The second-order valence-corrected chi connectivity index (χ2v) is 6.84. The van der Waals surface area contributed by atoms with Crippen LogP contribution < -0.4 is 16.0 Å². The van der Waals surface area contributed by atoms with E-state index in [1.54, 1.807) is 31.3 Å². The average molecular weight is 395 g/mol. The Morgan fingerprint density at radius 2 is 1.89 bits per heavy atom. The van der Waals surface area contributed by atoms with E-state index in [2.05, 4.69) is 25.9 Å². The third-order valence-corrected chi connectivity index (χ3v) is 4.74. The molecule has 3 rings (SSSR count). The quantitative estimate of drug-likeness (QED) is 0.420. The van der Waals surface area contributed by atoms with E-state index in [9.17, 15) is 9.59 Å². The van der Waals surface area contributed by atoms with Crippen molar-refractivity contribution in [2.24, 2.45) is 0 Å². The first kappa shape index (κ1) is 19.6. The predicted molar refractivity (Wildman–Crippen MR) is 113 cm³/mol. The first-order valence-electron chi connectivity index (χ1n) is 8.86. The monoisotopic (exact) mass is 395 g/mol. The van der Waals surface area contributed by atoms with E-state index in [1.807, 2.05) is 31.2 Å². The molecule has 0 aliphatic carbocycles. The Labute approximate surface area is 167 Å². The Morgan fingerprint density at radius 3 is 2.68 bits per heavy atom. The molecule has 2 aromatic carbocycles. The lowest BCUT2D eigenvalue weighted by atomic mass is 10.2. The van der Waals surface area contributed by atoms with Crippen molar-refractivity contribution in [1.29, 1.82) is 0 Å². The largest absolute Gasteiger partial charge is 0.370 e. The number of thioether (sulfide) groups is 1. The molecule has 1 heterocycles. The molecule has 0 unspecified atom stereocenters. The Hall–Kier alpha value is -3.13. The SMILES string of the molecule is CCNc1nc(SCC(=O)Nc2cccc(C(=O)NC)c2)nc2ccccc12. The van der Waals surface area contributed by atoms with Gasteiger partial charge in [-0.15, -0.1) is 0 Å². The van der Waals surface area contributed by atoms with Crippen LogP contribution in [0.1, 0.15) is 17.3 Å². The van der Waals surface area contributed by atoms with Crippen molar-refractivity contribution in [3.05, 3.63) is 54.1 Å². The second-order valence-electron chi connectivity index (χ2n) is 5.90. The van der Waals surface area contributed by atoms with Crippen molar-refractivity contribution in [3.8, 4) is 0 Å². The molecule has 0 aliphatic heterocycles. The zero-order chi connectivity index (χ0) is 19.9. The molecule has 0 radical (unpaired) electrons. The van der Waals surface area contributed by atoms with Crippen molar-refractivity contribution < 1.29 is 9.59 Å². The maximum atomic E-state index is 12.3. The Kier molecular flexibility index (Phi) is 6.44. The predicted octanol–water partition coefficient (Wildman–Crippen LogP) is 3.15. The lowest BCUT2D eigenvalue weighted by Crippen LogP contribution is -2.19. The highest BCUT2D eigenvalue weighted by Gasteiger charge is 2.11. The summed E-state index contributed by atoms with van der Waals surface area (Å²) in [6.45, 7) is 2.75. The van der Waals surface area contributed by atoms with E-state index in [4.69, 9.17) is 0 Å². The standard InChI is InChI=1S/C20H21N5O2S/c1-3-22-18-15-9-4-5-10-16(15)24-20(25-18)28-12-17(26)23-14-8-6-7-13(11-14)19(27)21-2/h4-11H,3,12H2,1-2H3,(H,21,27)(H,23,26)(H,22,24,25). The topological polar surface area (TPSA) is 96.0 Å². The van der Waals surface area contributed by atoms with Gasteiger partial charge >= 0.3 is 0 Å². The van der Waals surface area contributed by atoms with Gasteiger partial charge in [0.1, 0.15) is 5.82 Å². The highest BCUT2D eigenvalue weighted by Crippen LogP contribution is 2.24. The number of benzene rings is 2. The van der Waals surface area contributed by atoms with Crippen molar-refractivity contribution in [1.82, 2.24) is 15.3 Å². The number of para-hydroxylation sites is 1. The number of nitrogens with one attached hydrogen (secondary N) is 3. The summed E-state index contributed by atoms with van der Waals surface area (Å²) in [6.07, 6.45) is 0. The fourth-order valence-corrected chi connectivity index (χ4v) is 3.28. The van der Waals surface area contributed by atoms with Gasteiger partial charge in [0.05, 0.1) is 11.3 Å². The van der Waals surface area contributed by atoms with E-state index in [1.165, 1.54) is 11.8 Å². The molecule has 144 valence electrons. The maximum Gasteiger partial charge on any atom is 0.251 e. The summed E-state index contributed by atoms with van der Waals surface area (Å²) in [7, 11) is 1.56. The van der Waals surface area contributed by atoms with Crippen LogP contribution >= 0.6 is 11.8 Å². The van der Waals surface area contributed by atoms with Gasteiger partial charge in [-0.3, -0.25) is 9.59 Å². The smallest absolute Gasteiger partial charge is 0.251 e. The summed E-state index contributed by atoms with van der Waals surface area (Å²) < 4.78 is 0. The molecule has 28 heavy (non-hydrogen) atoms. The molecule has 3 aromatic rings. The zero-order valence-electron chi connectivity index (χ0n) is 15.7. The lowest BCUT2D eigenvalue weighted by Gasteiger charge is -2.09. The van der Waals surface area contributed by atoms with Crippen molar-refractivity contribution in [3.63, 3.8) is 0 Å². The third-order valence-electron chi connectivity index (χ3n) is 3.89. The first-order chi connectivity index (χ1) is 13.6. The number of carbonyl (C=O) groups excluding carboxylic acids is 2. The molecule has 3 N–H and O–H groups in total. The van der Waals surface area contributed by atoms with Gasteiger partial charge in [0.15, 0.2) is 5.16 Å². The second kappa shape index (κ2) is 9.18. The van der Waals surface area contributed by atoms with Crippen molar-refractivity contribution >= 4 is 46.0 Å². The molecule has 0 saturated heterocycles. The summed E-state index contributed by atoms with van der Waals surface area (Å²) in [5.74, 6) is 0.523. The highest BCUT2D eigenvalue weighted by molar-refractivity contribution is 7.99. The maximum absolute atomic E-state index is 12.3. The van der Waals surface area contributed by atoms with Gasteiger partial charge in [-0.25, -0.2) is 9.97 Å². The van der Waals surface area contributed by atoms with Gasteiger partial charge in [0.2, 0.25) is 5.91 Å². The van der Waals surface area contributed by atoms with Crippen LogP contribution in [0.25, 0.3) is 10.9 Å². The van der Waals surface area contributed by atoms with E-state index in [0.29, 0.717) is 16.4 Å². The number of aromatic nitrogens is 2. The number of hydrogen-bond acceptors (Lipinski definition) is 6. The average Bonchev–Trinajstić information content (AvgIpc) is 2.72. The number of anilines is 2. The minimum atomic E-state index is -0.203. The van der Waals surface area contributed by atoms with E-state index < -0.39 is 0 Å². The summed E-state index contributed by atoms with van der Waals surface area (Å²) >= 11 is 1.26. The van der Waals surface area contributed by atoms with E-state index in [0.717, 1.165) is 23.3 Å². The van der Waals surface area contributed by atoms with Crippen LogP contribution in [-0.4, -0.2) is 41.1 Å². The number of nitrogens with zero attached hydrogens (tertiary/aromatic N) is 2. The lowest BCUT2D eigenvalue weighted by molar-refractivity contribution is -0.113. The molecule has 0 saturated carbocycles. The molecular weight excluding hydrogens is 374 g/mol. The van der Waals surface area contributed by atoms with Gasteiger partial charge in [-0.05, 0) is 37.3 Å². The fraction of sp³-hybridized carbons (Fsp3) is 0.200. The van der Waals surface area contributed by atoms with Crippen LogP contribution in [0.4, 0.5) is 11.5 Å². The molecule has 0 fully saturated rings. The van der Waals surface area contributed by atoms with Crippen molar-refractivity contribution in [2.45, 2.75) is 12.1 Å². The summed E-state index contributed by atoms with van der Waals surface area (Å²) in [4.78, 5) is 33.1. The van der Waals surface area contributed by atoms with Gasteiger partial charge < -0.3 is 16.0 Å². The number of fused-ring (bicyclic) bond motifs is 1. The first-order valence-corrected chi connectivity index (χ1v) is 9.84. The van der Waals surface area contributed by atoms with Crippen LogP contribution in [0, 0.1) is 0 Å². The molecule has 0 spiro atoms. The number of carbonyl (C=O) groups is 2. The minimum absolute atomic E-state index is 0.161. The van der Waals surface area contributed by atoms with Gasteiger partial charge in [-0.2, -0.15) is 0 Å². The molecule has 1 aromatic heterocycles. The van der Waals surface area contributed by atoms with Gasteiger partial charge in [0, 0.05) is 30.2 Å². The van der Waals surface area contributed by atoms with Crippen LogP contribution in [0.15, 0.2) is 53.7 Å². The van der Waals surface area contributed by atoms with Crippen LogP contribution in [0.3, 0.4) is 0 Å². The number of rotatable bonds is 7. The summed E-state index contributed by atoms with van der Waals surface area (Å²) in [5, 5.41) is 10.1. The van der Waals surface area contributed by atoms with E-state index in [-0.39, 0.29) is 17.6 Å². The van der Waals surface area contributed by atoms with Crippen LogP contribution in [0.2, 0.25) is 0 Å². The third kappa shape index (κ3) is 4.77. The molecule has 2 amide bonds. The van der Waals surface area contributed by atoms with Crippen LogP contribution in [0.5, 0.6) is 0 Å². The van der Waals surface area contributed by atoms with Gasteiger partial charge in [0.25, 0.3) is 5.91 Å². The molecular formula is C20H21N5O2S. The fourth-order valence-electron chi connectivity index (χ4n) is 2.63. The minimum Gasteiger partial charge on any atom is -0.370 e. The molecule has 8 heteroatoms. The van der Waals surface area contributed by atoms with E-state index >= 15 is 0 Å². The Morgan fingerprint density at radius 1 is 1.07 bits per heavy atom. The summed E-state index contributed by atoms with van der Waals surface area (Å²) in [6, 6.07) is 14.5. The number of hydrogen-bond donors (Lipinski definition) is 3. The van der Waals surface area contributed by atoms with Gasteiger partial charge in [-0.1, -0.05) is 30.0 Å². The number of amides is 2. The molecule has 0 atom stereocenters. The summed E-state index contributed by atoms with van der Waals surface area (Å²) in [5.41, 5.74) is 1.88. The Bertz CT molecular complexity index is 1010.